The topological polar surface area (TPSA) is 131 Å². The largest absolute Gasteiger partial charge is 0.392 e. The minimum absolute atomic E-state index is 0.176. The van der Waals surface area contributed by atoms with E-state index in [1.807, 2.05) is 0 Å². The summed E-state index contributed by atoms with van der Waals surface area (Å²) in [5.74, 6) is 0.562. The number of hydrogen-bond acceptors (Lipinski definition) is 7. The van der Waals surface area contributed by atoms with Crippen molar-refractivity contribution in [1.29, 1.82) is 0 Å². The summed E-state index contributed by atoms with van der Waals surface area (Å²) in [5.41, 5.74) is 6.95. The zero-order valence-electron chi connectivity index (χ0n) is 11.4. The number of nitrogen functional groups attached to an aromatic ring is 1. The lowest BCUT2D eigenvalue weighted by Gasteiger charge is -2.01. The Morgan fingerprint density at radius 1 is 1.43 bits per heavy atom. The fourth-order valence-corrected chi connectivity index (χ4v) is 2.08. The van der Waals surface area contributed by atoms with E-state index in [4.69, 9.17) is 5.73 Å². The van der Waals surface area contributed by atoms with Crippen molar-refractivity contribution < 1.29 is 4.92 Å². The van der Waals surface area contributed by atoms with Crippen molar-refractivity contribution in [1.82, 2.24) is 29.5 Å². The number of anilines is 1. The molecule has 0 bridgehead atoms. The maximum atomic E-state index is 10.8. The molecule has 0 aromatic carbocycles. The highest BCUT2D eigenvalue weighted by Gasteiger charge is 2.18. The molecule has 0 saturated carbocycles. The summed E-state index contributed by atoms with van der Waals surface area (Å²) in [5, 5.41) is 19.4. The zero-order chi connectivity index (χ0) is 15.1. The molecule has 3 rings (SSSR count). The fourth-order valence-electron chi connectivity index (χ4n) is 2.08. The Hall–Kier alpha value is -3.04. The van der Waals surface area contributed by atoms with Crippen molar-refractivity contribution in [2.24, 2.45) is 7.05 Å². The van der Waals surface area contributed by atoms with Crippen molar-refractivity contribution in [3.05, 3.63) is 33.9 Å². The number of hydrogen-bond donors (Lipinski definition) is 1. The Morgan fingerprint density at radius 2 is 2.19 bits per heavy atom. The monoisotopic (exact) mass is 288 g/mol. The summed E-state index contributed by atoms with van der Waals surface area (Å²) in [7, 11) is 1.75. The van der Waals surface area contributed by atoms with Gasteiger partial charge < -0.3 is 15.8 Å². The summed E-state index contributed by atoms with van der Waals surface area (Å²) >= 11 is 0. The van der Waals surface area contributed by atoms with E-state index in [0.29, 0.717) is 28.2 Å². The van der Waals surface area contributed by atoms with E-state index < -0.39 is 4.92 Å². The van der Waals surface area contributed by atoms with Crippen molar-refractivity contribution in [3.8, 4) is 0 Å². The van der Waals surface area contributed by atoms with Crippen molar-refractivity contribution in [2.75, 3.05) is 5.73 Å². The van der Waals surface area contributed by atoms with Crippen molar-refractivity contribution >= 4 is 22.7 Å². The van der Waals surface area contributed by atoms with Gasteiger partial charge in [-0.2, -0.15) is 9.78 Å². The molecule has 0 amide bonds. The van der Waals surface area contributed by atoms with Gasteiger partial charge in [-0.3, -0.25) is 4.68 Å². The predicted octanol–water partition coefficient (Wildman–Crippen LogP) is 0.407. The number of aryl methyl sites for hydroxylation is 2. The zero-order valence-corrected chi connectivity index (χ0v) is 11.4. The molecule has 0 aliphatic heterocycles. The summed E-state index contributed by atoms with van der Waals surface area (Å²) in [6, 6.07) is 0. The van der Waals surface area contributed by atoms with Crippen LogP contribution in [0.2, 0.25) is 0 Å². The molecular weight excluding hydrogens is 276 g/mol. The first kappa shape index (κ1) is 13.0. The minimum Gasteiger partial charge on any atom is -0.383 e. The van der Waals surface area contributed by atoms with Crippen LogP contribution in [0.15, 0.2) is 12.4 Å². The third-order valence-corrected chi connectivity index (χ3v) is 3.06. The van der Waals surface area contributed by atoms with Crippen molar-refractivity contribution in [2.45, 2.75) is 13.5 Å². The third kappa shape index (κ3) is 2.16. The highest BCUT2D eigenvalue weighted by Crippen LogP contribution is 2.18. The first-order chi connectivity index (χ1) is 9.95. The molecule has 3 aromatic heterocycles. The van der Waals surface area contributed by atoms with Gasteiger partial charge in [0.05, 0.1) is 28.4 Å². The fraction of sp³-hybridized carbons (Fsp3) is 0.273. The quantitative estimate of drug-likeness (QED) is 0.545. The molecule has 10 heteroatoms. The summed E-state index contributed by atoms with van der Waals surface area (Å²) in [4.78, 5) is 18.8. The molecule has 0 unspecified atom stereocenters. The van der Waals surface area contributed by atoms with Gasteiger partial charge >= 0.3 is 5.82 Å². The van der Waals surface area contributed by atoms with E-state index in [2.05, 4.69) is 20.2 Å². The maximum absolute atomic E-state index is 10.8. The van der Waals surface area contributed by atoms with Gasteiger partial charge in [0.15, 0.2) is 11.5 Å². The Labute approximate surface area is 118 Å². The van der Waals surface area contributed by atoms with Crippen LogP contribution in [0.3, 0.4) is 0 Å². The second kappa shape index (κ2) is 4.51. The lowest BCUT2D eigenvalue weighted by Crippen LogP contribution is -2.08. The number of nitrogens with zero attached hydrogens (tertiary/aromatic N) is 7. The average Bonchev–Trinajstić information content (AvgIpc) is 2.94. The second-order valence-corrected chi connectivity index (χ2v) is 4.62. The van der Waals surface area contributed by atoms with E-state index in [-0.39, 0.29) is 12.4 Å². The molecule has 0 atom stereocenters. The number of fused-ring (bicyclic) bond motifs is 1. The first-order valence-electron chi connectivity index (χ1n) is 6.08. The molecule has 0 fully saturated rings. The smallest absolute Gasteiger partial charge is 0.383 e. The van der Waals surface area contributed by atoms with Gasteiger partial charge in [-0.25, -0.2) is 9.97 Å². The van der Waals surface area contributed by atoms with E-state index in [0.717, 1.165) is 0 Å². The van der Waals surface area contributed by atoms with Gasteiger partial charge in [-0.1, -0.05) is 0 Å². The summed E-state index contributed by atoms with van der Waals surface area (Å²) in [6.45, 7) is 1.82. The van der Waals surface area contributed by atoms with E-state index >= 15 is 0 Å². The van der Waals surface area contributed by atoms with Crippen LogP contribution in [0.4, 0.5) is 11.6 Å². The molecule has 0 aliphatic rings. The van der Waals surface area contributed by atoms with E-state index in [9.17, 15) is 10.1 Å². The Morgan fingerprint density at radius 3 is 2.86 bits per heavy atom. The Kier molecular flexibility index (Phi) is 2.78. The molecule has 0 aliphatic carbocycles. The van der Waals surface area contributed by atoms with Crippen LogP contribution in [-0.4, -0.2) is 34.5 Å². The molecule has 2 N–H and O–H groups in total. The van der Waals surface area contributed by atoms with Gasteiger partial charge in [0.2, 0.25) is 0 Å². The molecule has 10 nitrogen and oxygen atoms in total. The van der Waals surface area contributed by atoms with Crippen LogP contribution in [0.5, 0.6) is 0 Å². The lowest BCUT2D eigenvalue weighted by atomic mass is 10.4. The molecule has 0 saturated heterocycles. The highest BCUT2D eigenvalue weighted by atomic mass is 16.6. The molecular formula is C11H12N8O2. The molecule has 3 heterocycles. The molecule has 0 radical (unpaired) electrons. The molecule has 0 spiro atoms. The van der Waals surface area contributed by atoms with Crippen LogP contribution < -0.4 is 5.73 Å². The number of rotatable bonds is 3. The molecule has 108 valence electrons. The van der Waals surface area contributed by atoms with Crippen LogP contribution in [-0.2, 0) is 13.6 Å². The standard InChI is InChI=1S/C11H12N8O2/c1-6-4-18(16-10(6)19(20)21)5-8-14-9(12)7-3-13-17(2)11(7)15-8/h3-4H,5H2,1-2H3,(H2,12,14,15). The normalized spacial score (nSPS) is 11.1. The number of nitrogens with two attached hydrogens (primary N) is 1. The maximum Gasteiger partial charge on any atom is 0.392 e. The third-order valence-electron chi connectivity index (χ3n) is 3.06. The number of nitro groups is 1. The van der Waals surface area contributed by atoms with E-state index in [1.165, 1.54) is 4.68 Å². The van der Waals surface area contributed by atoms with Crippen LogP contribution in [0, 0.1) is 17.0 Å². The highest BCUT2D eigenvalue weighted by molar-refractivity contribution is 5.84. The van der Waals surface area contributed by atoms with Crippen LogP contribution in [0.1, 0.15) is 11.4 Å². The van der Waals surface area contributed by atoms with Gasteiger partial charge in [0.1, 0.15) is 12.4 Å². The van der Waals surface area contributed by atoms with Gasteiger partial charge in [0.25, 0.3) is 0 Å². The Balaban J connectivity index is 2.00. The Bertz CT molecular complexity index is 849. The van der Waals surface area contributed by atoms with Gasteiger partial charge in [-0.05, 0) is 11.8 Å². The van der Waals surface area contributed by atoms with Crippen LogP contribution >= 0.6 is 0 Å². The minimum atomic E-state index is -0.522. The second-order valence-electron chi connectivity index (χ2n) is 4.62. The SMILES string of the molecule is Cc1cn(Cc2nc(N)c3cnn(C)c3n2)nc1[N+](=O)[O-]. The lowest BCUT2D eigenvalue weighted by molar-refractivity contribution is -0.390. The summed E-state index contributed by atoms with van der Waals surface area (Å²) < 4.78 is 3.01. The first-order valence-corrected chi connectivity index (χ1v) is 6.08. The predicted molar refractivity (Wildman–Crippen MR) is 73.4 cm³/mol. The van der Waals surface area contributed by atoms with Gasteiger partial charge in [-0.15, -0.1) is 0 Å². The van der Waals surface area contributed by atoms with Crippen molar-refractivity contribution in [3.63, 3.8) is 0 Å². The summed E-state index contributed by atoms with van der Waals surface area (Å²) in [6.07, 6.45) is 3.17. The van der Waals surface area contributed by atoms with Gasteiger partial charge in [0, 0.05) is 7.05 Å². The molecule has 3 aromatic rings. The average molecular weight is 288 g/mol. The van der Waals surface area contributed by atoms with Crippen LogP contribution in [0.25, 0.3) is 11.0 Å². The molecule has 21 heavy (non-hydrogen) atoms. The van der Waals surface area contributed by atoms with E-state index in [1.54, 1.807) is 31.0 Å². The number of aromatic nitrogens is 6.